The van der Waals surface area contributed by atoms with Gasteiger partial charge in [-0.1, -0.05) is 6.07 Å². The zero-order chi connectivity index (χ0) is 13.0. The fourth-order valence-corrected chi connectivity index (χ4v) is 1.78. The quantitative estimate of drug-likeness (QED) is 0.326. The number of guanidine groups is 1. The Morgan fingerprint density at radius 2 is 2.28 bits per heavy atom. The van der Waals surface area contributed by atoms with E-state index in [1.807, 2.05) is 13.0 Å². The van der Waals surface area contributed by atoms with E-state index in [-0.39, 0.29) is 5.82 Å². The van der Waals surface area contributed by atoms with Gasteiger partial charge in [-0.05, 0) is 49.4 Å². The number of halogens is 1. The highest BCUT2D eigenvalue weighted by Crippen LogP contribution is 2.18. The average Bonchev–Trinajstić information content (AvgIpc) is 3.14. The van der Waals surface area contributed by atoms with E-state index in [0.29, 0.717) is 18.5 Å². The van der Waals surface area contributed by atoms with E-state index in [2.05, 4.69) is 15.7 Å². The van der Waals surface area contributed by atoms with Crippen molar-refractivity contribution in [2.24, 2.45) is 10.8 Å². The molecule has 0 unspecified atom stereocenters. The first-order valence-corrected chi connectivity index (χ1v) is 6.21. The van der Waals surface area contributed by atoms with Crippen molar-refractivity contribution in [1.82, 2.24) is 10.7 Å². The van der Waals surface area contributed by atoms with Crippen LogP contribution in [0.5, 0.6) is 0 Å². The normalized spacial score (nSPS) is 15.6. The van der Waals surface area contributed by atoms with Gasteiger partial charge in [0.25, 0.3) is 0 Å². The van der Waals surface area contributed by atoms with Crippen LogP contribution in [0.2, 0.25) is 0 Å². The predicted octanol–water partition coefficient (Wildman–Crippen LogP) is 1.25. The van der Waals surface area contributed by atoms with Gasteiger partial charge in [-0.15, -0.1) is 0 Å². The van der Waals surface area contributed by atoms with Crippen LogP contribution in [0, 0.1) is 12.7 Å². The summed E-state index contributed by atoms with van der Waals surface area (Å²) in [6, 6.07) is 5.36. The molecule has 1 aliphatic rings. The van der Waals surface area contributed by atoms with Gasteiger partial charge in [0, 0.05) is 12.6 Å². The summed E-state index contributed by atoms with van der Waals surface area (Å²) in [6.45, 7) is 2.54. The lowest BCUT2D eigenvalue weighted by Crippen LogP contribution is -2.42. The molecule has 5 heteroatoms. The molecule has 0 amide bonds. The largest absolute Gasteiger partial charge is 0.353 e. The molecule has 4 nitrogen and oxygen atoms in total. The van der Waals surface area contributed by atoms with E-state index in [1.165, 1.54) is 18.9 Å². The molecule has 0 spiro atoms. The van der Waals surface area contributed by atoms with Gasteiger partial charge in [-0.2, -0.15) is 0 Å². The highest BCUT2D eigenvalue weighted by molar-refractivity contribution is 5.79. The van der Waals surface area contributed by atoms with Crippen LogP contribution in [0.3, 0.4) is 0 Å². The van der Waals surface area contributed by atoms with Crippen LogP contribution in [-0.4, -0.2) is 18.5 Å². The maximum Gasteiger partial charge on any atom is 0.205 e. The number of benzene rings is 1. The molecule has 0 saturated heterocycles. The Labute approximate surface area is 106 Å². The average molecular weight is 250 g/mol. The molecule has 1 aromatic carbocycles. The molecule has 2 rings (SSSR count). The maximum absolute atomic E-state index is 12.9. The van der Waals surface area contributed by atoms with Crippen molar-refractivity contribution >= 4 is 5.96 Å². The van der Waals surface area contributed by atoms with Gasteiger partial charge >= 0.3 is 0 Å². The lowest BCUT2D eigenvalue weighted by atomic mass is 10.1. The second-order valence-electron chi connectivity index (χ2n) is 4.61. The number of rotatable bonds is 4. The molecular weight excluding hydrogens is 231 g/mol. The summed E-state index contributed by atoms with van der Waals surface area (Å²) in [5, 5.41) is 3.20. The topological polar surface area (TPSA) is 62.4 Å². The van der Waals surface area contributed by atoms with E-state index < -0.39 is 0 Å². The van der Waals surface area contributed by atoms with E-state index in [0.717, 1.165) is 17.5 Å². The van der Waals surface area contributed by atoms with Crippen molar-refractivity contribution < 1.29 is 4.39 Å². The summed E-state index contributed by atoms with van der Waals surface area (Å²) < 4.78 is 12.9. The minimum Gasteiger partial charge on any atom is -0.353 e. The van der Waals surface area contributed by atoms with Gasteiger partial charge in [-0.25, -0.2) is 10.2 Å². The second-order valence-corrected chi connectivity index (χ2v) is 4.61. The molecule has 0 radical (unpaired) electrons. The first kappa shape index (κ1) is 12.8. The van der Waals surface area contributed by atoms with Crippen molar-refractivity contribution in [3.05, 3.63) is 35.1 Å². The first-order valence-electron chi connectivity index (χ1n) is 6.21. The molecule has 1 fully saturated rings. The maximum atomic E-state index is 12.9. The third-order valence-corrected chi connectivity index (χ3v) is 3.01. The van der Waals surface area contributed by atoms with Crippen LogP contribution < -0.4 is 16.6 Å². The zero-order valence-corrected chi connectivity index (χ0v) is 10.5. The minimum absolute atomic E-state index is 0.195. The molecule has 18 heavy (non-hydrogen) atoms. The SMILES string of the molecule is Cc1cc(F)ccc1CCN=C(NN)NC1CC1. The minimum atomic E-state index is -0.195. The Kier molecular flexibility index (Phi) is 4.15. The number of hydrogen-bond donors (Lipinski definition) is 3. The molecule has 1 aromatic rings. The number of aryl methyl sites for hydroxylation is 1. The first-order chi connectivity index (χ1) is 8.69. The van der Waals surface area contributed by atoms with Gasteiger partial charge in [0.2, 0.25) is 5.96 Å². The number of hydrogen-bond acceptors (Lipinski definition) is 2. The molecule has 0 aromatic heterocycles. The summed E-state index contributed by atoms with van der Waals surface area (Å²) >= 11 is 0. The van der Waals surface area contributed by atoms with Crippen LogP contribution in [-0.2, 0) is 6.42 Å². The van der Waals surface area contributed by atoms with Gasteiger partial charge in [-0.3, -0.25) is 10.4 Å². The highest BCUT2D eigenvalue weighted by Gasteiger charge is 2.21. The fraction of sp³-hybridized carbons (Fsp3) is 0.462. The predicted molar refractivity (Wildman–Crippen MR) is 70.6 cm³/mol. The third kappa shape index (κ3) is 3.70. The van der Waals surface area contributed by atoms with Crippen LogP contribution in [0.1, 0.15) is 24.0 Å². The van der Waals surface area contributed by atoms with E-state index in [9.17, 15) is 4.39 Å². The van der Waals surface area contributed by atoms with Crippen LogP contribution in [0.25, 0.3) is 0 Å². The Morgan fingerprint density at radius 1 is 1.50 bits per heavy atom. The van der Waals surface area contributed by atoms with Gasteiger partial charge < -0.3 is 5.32 Å². The Balaban J connectivity index is 1.87. The lowest BCUT2D eigenvalue weighted by molar-refractivity contribution is 0.625. The van der Waals surface area contributed by atoms with Crippen molar-refractivity contribution in [2.75, 3.05) is 6.54 Å². The molecule has 0 aliphatic heterocycles. The third-order valence-electron chi connectivity index (χ3n) is 3.01. The van der Waals surface area contributed by atoms with Crippen molar-refractivity contribution in [2.45, 2.75) is 32.2 Å². The van der Waals surface area contributed by atoms with Crippen molar-refractivity contribution in [3.63, 3.8) is 0 Å². The molecule has 0 atom stereocenters. The van der Waals surface area contributed by atoms with Crippen LogP contribution in [0.15, 0.2) is 23.2 Å². The zero-order valence-electron chi connectivity index (χ0n) is 10.5. The van der Waals surface area contributed by atoms with E-state index >= 15 is 0 Å². The van der Waals surface area contributed by atoms with Gasteiger partial charge in [0.05, 0.1) is 0 Å². The second kappa shape index (κ2) is 5.82. The van der Waals surface area contributed by atoms with Gasteiger partial charge in [0.15, 0.2) is 0 Å². The number of aliphatic imine (C=N–C) groups is 1. The lowest BCUT2D eigenvalue weighted by Gasteiger charge is -2.08. The molecule has 1 saturated carbocycles. The molecule has 98 valence electrons. The molecular formula is C13H19FN4. The standard InChI is InChI=1S/C13H19FN4/c1-9-8-11(14)3-2-10(9)6-7-16-13(18-15)17-12-4-5-12/h2-3,8,12H,4-7,15H2,1H3,(H2,16,17,18). The summed E-state index contributed by atoms with van der Waals surface area (Å²) in [4.78, 5) is 4.36. The van der Waals surface area contributed by atoms with Crippen LogP contribution in [0.4, 0.5) is 4.39 Å². The number of nitrogens with zero attached hydrogens (tertiary/aromatic N) is 1. The summed E-state index contributed by atoms with van der Waals surface area (Å²) in [5.41, 5.74) is 4.64. The van der Waals surface area contributed by atoms with Gasteiger partial charge in [0.1, 0.15) is 5.82 Å². The van der Waals surface area contributed by atoms with E-state index in [4.69, 9.17) is 5.84 Å². The van der Waals surface area contributed by atoms with Crippen molar-refractivity contribution in [3.8, 4) is 0 Å². The monoisotopic (exact) mass is 250 g/mol. The summed E-state index contributed by atoms with van der Waals surface area (Å²) in [5.74, 6) is 5.83. The van der Waals surface area contributed by atoms with E-state index in [1.54, 1.807) is 6.07 Å². The smallest absolute Gasteiger partial charge is 0.205 e. The Hall–Kier alpha value is -1.62. The van der Waals surface area contributed by atoms with Crippen LogP contribution >= 0.6 is 0 Å². The molecule has 4 N–H and O–H groups in total. The molecule has 0 heterocycles. The molecule has 0 bridgehead atoms. The number of hydrazine groups is 1. The number of nitrogens with two attached hydrogens (primary N) is 1. The Bertz CT molecular complexity index is 441. The molecule has 1 aliphatic carbocycles. The summed E-state index contributed by atoms with van der Waals surface area (Å²) in [6.07, 6.45) is 3.14. The van der Waals surface area contributed by atoms with Crippen molar-refractivity contribution in [1.29, 1.82) is 0 Å². The summed E-state index contributed by atoms with van der Waals surface area (Å²) in [7, 11) is 0. The number of nitrogens with one attached hydrogen (secondary N) is 2. The fourth-order valence-electron chi connectivity index (χ4n) is 1.78. The highest BCUT2D eigenvalue weighted by atomic mass is 19.1. The Morgan fingerprint density at radius 3 is 2.89 bits per heavy atom.